The molecule has 0 spiro atoms. The van der Waals surface area contributed by atoms with E-state index in [2.05, 4.69) is 112 Å². The van der Waals surface area contributed by atoms with Crippen molar-refractivity contribution in [2.24, 2.45) is 0 Å². The Morgan fingerprint density at radius 3 is 1.47 bits per heavy atom. The van der Waals surface area contributed by atoms with Crippen LogP contribution >= 0.6 is 0 Å². The van der Waals surface area contributed by atoms with Crippen LogP contribution < -0.4 is 0 Å². The molecular weight excluding hydrogens is 384 g/mol. The van der Waals surface area contributed by atoms with Crippen molar-refractivity contribution >= 4 is 12.2 Å². The van der Waals surface area contributed by atoms with Crippen LogP contribution in [0.3, 0.4) is 0 Å². The summed E-state index contributed by atoms with van der Waals surface area (Å²) in [7, 11) is 0. The lowest BCUT2D eigenvalue weighted by Gasteiger charge is -2.14. The van der Waals surface area contributed by atoms with E-state index in [1.807, 2.05) is 0 Å². The standard InChI is InChI=1S/C32H38/c1-5-9-15-27-17-13-19-29(23-27)25-31(21-11-7-3)32(22-12-8-4)26-30-20-14-18-28(24-30)16-10-6-2/h13-14,17-20,23-26H,5-8,11-12,21-22H2,1-4H3/b31-25+,32-26+. The summed E-state index contributed by atoms with van der Waals surface area (Å²) >= 11 is 0. The molecule has 0 heteroatoms. The zero-order chi connectivity index (χ0) is 23.0. The van der Waals surface area contributed by atoms with Crippen molar-refractivity contribution in [3.8, 4) is 23.7 Å². The van der Waals surface area contributed by atoms with Crippen LogP contribution in [0.25, 0.3) is 12.2 Å². The number of rotatable bonds is 9. The maximum Gasteiger partial charge on any atom is 0.0251 e. The molecule has 2 rings (SSSR count). The van der Waals surface area contributed by atoms with E-state index in [1.54, 1.807) is 0 Å². The van der Waals surface area contributed by atoms with Gasteiger partial charge in [0, 0.05) is 24.0 Å². The molecule has 32 heavy (non-hydrogen) atoms. The quantitative estimate of drug-likeness (QED) is 0.279. The lowest BCUT2D eigenvalue weighted by Crippen LogP contribution is -1.93. The predicted octanol–water partition coefficient (Wildman–Crippen LogP) is 9.06. The van der Waals surface area contributed by atoms with E-state index in [-0.39, 0.29) is 0 Å². The molecule has 0 saturated heterocycles. The normalized spacial score (nSPS) is 11.4. The Kier molecular flexibility index (Phi) is 11.8. The van der Waals surface area contributed by atoms with Gasteiger partial charge >= 0.3 is 0 Å². The van der Waals surface area contributed by atoms with Gasteiger partial charge in [-0.3, -0.25) is 0 Å². The highest BCUT2D eigenvalue weighted by Crippen LogP contribution is 2.27. The van der Waals surface area contributed by atoms with Gasteiger partial charge in [0.15, 0.2) is 0 Å². The molecule has 2 aromatic carbocycles. The highest BCUT2D eigenvalue weighted by atomic mass is 14.1. The summed E-state index contributed by atoms with van der Waals surface area (Å²) in [6, 6.07) is 17.3. The summed E-state index contributed by atoms with van der Waals surface area (Å²) in [4.78, 5) is 0. The third-order valence-electron chi connectivity index (χ3n) is 5.29. The molecule has 0 nitrogen and oxygen atoms in total. The van der Waals surface area contributed by atoms with Crippen LogP contribution in [0.1, 0.15) is 101 Å². The van der Waals surface area contributed by atoms with Crippen molar-refractivity contribution in [2.45, 2.75) is 79.1 Å². The first-order chi connectivity index (χ1) is 15.7. The molecule has 0 aliphatic heterocycles. The minimum atomic E-state index is 0.882. The summed E-state index contributed by atoms with van der Waals surface area (Å²) in [6.45, 7) is 8.72. The van der Waals surface area contributed by atoms with Gasteiger partial charge in [-0.1, -0.05) is 101 Å². The fourth-order valence-electron chi connectivity index (χ4n) is 3.58. The number of allylic oxidation sites excluding steroid dienone is 2. The van der Waals surface area contributed by atoms with Gasteiger partial charge in [-0.2, -0.15) is 0 Å². The molecule has 0 fully saturated rings. The number of benzene rings is 2. The van der Waals surface area contributed by atoms with E-state index in [0.717, 1.165) is 36.8 Å². The van der Waals surface area contributed by atoms with Gasteiger partial charge in [0.05, 0.1) is 0 Å². The highest BCUT2D eigenvalue weighted by Gasteiger charge is 2.07. The van der Waals surface area contributed by atoms with Gasteiger partial charge in [0.1, 0.15) is 0 Å². The molecule has 0 aromatic heterocycles. The van der Waals surface area contributed by atoms with Crippen molar-refractivity contribution in [2.75, 3.05) is 0 Å². The Morgan fingerprint density at radius 1 is 0.656 bits per heavy atom. The SMILES string of the molecule is CCC#Cc1cccc(/C=C(CCCC)/C(=C/c2cccc(C#CCC)c2)CCCC)c1. The first-order valence-electron chi connectivity index (χ1n) is 12.3. The summed E-state index contributed by atoms with van der Waals surface area (Å²) < 4.78 is 0. The summed E-state index contributed by atoms with van der Waals surface area (Å²) in [5.74, 6) is 12.9. The smallest absolute Gasteiger partial charge is 0.0251 e. The van der Waals surface area contributed by atoms with Crippen molar-refractivity contribution in [1.82, 2.24) is 0 Å². The summed E-state index contributed by atoms with van der Waals surface area (Å²) in [5, 5.41) is 0. The highest BCUT2D eigenvalue weighted by molar-refractivity contribution is 5.67. The molecule has 0 radical (unpaired) electrons. The summed E-state index contributed by atoms with van der Waals surface area (Å²) in [5.41, 5.74) is 7.57. The van der Waals surface area contributed by atoms with Crippen LogP contribution in [0.2, 0.25) is 0 Å². The largest absolute Gasteiger partial charge is 0.0982 e. The Labute approximate surface area is 196 Å². The van der Waals surface area contributed by atoms with E-state index >= 15 is 0 Å². The van der Waals surface area contributed by atoms with Crippen LogP contribution in [0.4, 0.5) is 0 Å². The first-order valence-corrected chi connectivity index (χ1v) is 12.3. The molecule has 2 aromatic rings. The van der Waals surface area contributed by atoms with E-state index in [0.29, 0.717) is 0 Å². The third-order valence-corrected chi connectivity index (χ3v) is 5.29. The molecule has 0 heterocycles. The molecule has 0 amide bonds. The van der Waals surface area contributed by atoms with Crippen LogP contribution in [0.5, 0.6) is 0 Å². The lowest BCUT2D eigenvalue weighted by atomic mass is 9.92. The topological polar surface area (TPSA) is 0 Å². The van der Waals surface area contributed by atoms with E-state index in [9.17, 15) is 0 Å². The lowest BCUT2D eigenvalue weighted by molar-refractivity contribution is 0.758. The third kappa shape index (κ3) is 9.04. The van der Waals surface area contributed by atoms with E-state index in [1.165, 1.54) is 48.0 Å². The number of unbranched alkanes of at least 4 members (excludes halogenated alkanes) is 2. The summed E-state index contributed by atoms with van der Waals surface area (Å²) in [6.07, 6.45) is 13.5. The van der Waals surface area contributed by atoms with Crippen LogP contribution in [0, 0.1) is 23.7 Å². The Hall–Kier alpha value is -2.96. The Bertz CT molecular complexity index is 939. The molecular formula is C32H38. The molecule has 0 N–H and O–H groups in total. The first kappa shape index (κ1) is 25.3. The van der Waals surface area contributed by atoms with Crippen LogP contribution in [0.15, 0.2) is 59.7 Å². The minimum Gasteiger partial charge on any atom is -0.0982 e. The van der Waals surface area contributed by atoms with Crippen molar-refractivity contribution in [1.29, 1.82) is 0 Å². The van der Waals surface area contributed by atoms with E-state index in [4.69, 9.17) is 0 Å². The zero-order valence-electron chi connectivity index (χ0n) is 20.4. The maximum absolute atomic E-state index is 3.27. The number of hydrogen-bond donors (Lipinski definition) is 0. The van der Waals surface area contributed by atoms with Crippen molar-refractivity contribution in [3.63, 3.8) is 0 Å². The van der Waals surface area contributed by atoms with Gasteiger partial charge in [-0.15, -0.1) is 0 Å². The fraction of sp³-hybridized carbons (Fsp3) is 0.375. The fourth-order valence-corrected chi connectivity index (χ4v) is 3.58. The average molecular weight is 423 g/mol. The zero-order valence-corrected chi connectivity index (χ0v) is 20.4. The predicted molar refractivity (Wildman–Crippen MR) is 142 cm³/mol. The monoisotopic (exact) mass is 422 g/mol. The maximum atomic E-state index is 3.27. The molecule has 0 saturated carbocycles. The average Bonchev–Trinajstić information content (AvgIpc) is 2.82. The second-order valence-corrected chi connectivity index (χ2v) is 8.11. The van der Waals surface area contributed by atoms with E-state index < -0.39 is 0 Å². The Morgan fingerprint density at radius 2 is 1.09 bits per heavy atom. The van der Waals surface area contributed by atoms with Crippen molar-refractivity contribution < 1.29 is 0 Å². The van der Waals surface area contributed by atoms with Crippen LogP contribution in [-0.2, 0) is 0 Å². The molecule has 0 aliphatic carbocycles. The van der Waals surface area contributed by atoms with Gasteiger partial charge in [0.2, 0.25) is 0 Å². The molecule has 0 unspecified atom stereocenters. The molecule has 0 atom stereocenters. The minimum absolute atomic E-state index is 0.882. The molecule has 0 aliphatic rings. The van der Waals surface area contributed by atoms with Gasteiger partial charge in [-0.25, -0.2) is 0 Å². The van der Waals surface area contributed by atoms with Gasteiger partial charge < -0.3 is 0 Å². The Balaban J connectivity index is 2.49. The van der Waals surface area contributed by atoms with Crippen molar-refractivity contribution in [3.05, 3.63) is 81.9 Å². The van der Waals surface area contributed by atoms with Gasteiger partial charge in [-0.05, 0) is 72.2 Å². The molecule has 0 bridgehead atoms. The number of hydrogen-bond acceptors (Lipinski definition) is 0. The van der Waals surface area contributed by atoms with Crippen LogP contribution in [-0.4, -0.2) is 0 Å². The second-order valence-electron chi connectivity index (χ2n) is 8.11. The second kappa shape index (κ2) is 14.9. The van der Waals surface area contributed by atoms with Gasteiger partial charge in [0.25, 0.3) is 0 Å². The molecule has 166 valence electrons.